The molecule has 0 atom stereocenters. The number of carbonyl (C=O) groups excluding carboxylic acids is 1. The second-order valence-electron chi connectivity index (χ2n) is 4.97. The van der Waals surface area contributed by atoms with Crippen molar-refractivity contribution in [3.05, 3.63) is 52.5 Å². The number of nitrogen functional groups attached to an aromatic ring is 1. The number of nitrogens with zero attached hydrogens (tertiary/aromatic N) is 1. The molecule has 1 amide bonds. The SMILES string of the molecule is Cc1ccc(NC(=O)c2sc3nccc(C)c3c2N)cc1. The van der Waals surface area contributed by atoms with Gasteiger partial charge in [-0.1, -0.05) is 17.7 Å². The average Bonchev–Trinajstić information content (AvgIpc) is 2.80. The van der Waals surface area contributed by atoms with Crippen molar-refractivity contribution in [1.29, 1.82) is 0 Å². The molecule has 3 rings (SSSR count). The van der Waals surface area contributed by atoms with Gasteiger partial charge in [0.15, 0.2) is 0 Å². The minimum Gasteiger partial charge on any atom is -0.397 e. The summed E-state index contributed by atoms with van der Waals surface area (Å²) in [5, 5.41) is 3.74. The molecule has 2 aromatic heterocycles. The van der Waals surface area contributed by atoms with E-state index in [-0.39, 0.29) is 5.91 Å². The number of nitrogens with one attached hydrogen (secondary N) is 1. The molecule has 3 aromatic rings. The van der Waals surface area contributed by atoms with Crippen LogP contribution in [0, 0.1) is 13.8 Å². The normalized spacial score (nSPS) is 10.8. The molecule has 1 aromatic carbocycles. The van der Waals surface area contributed by atoms with Crippen molar-refractivity contribution < 1.29 is 4.79 Å². The molecule has 106 valence electrons. The fourth-order valence-corrected chi connectivity index (χ4v) is 3.23. The molecule has 0 unspecified atom stereocenters. The van der Waals surface area contributed by atoms with Crippen molar-refractivity contribution in [3.8, 4) is 0 Å². The molecule has 0 aliphatic rings. The maximum absolute atomic E-state index is 12.4. The highest BCUT2D eigenvalue weighted by atomic mass is 32.1. The zero-order chi connectivity index (χ0) is 15.0. The van der Waals surface area contributed by atoms with Crippen LogP contribution in [-0.2, 0) is 0 Å². The van der Waals surface area contributed by atoms with Crippen LogP contribution in [0.2, 0.25) is 0 Å². The van der Waals surface area contributed by atoms with Gasteiger partial charge in [-0.15, -0.1) is 11.3 Å². The van der Waals surface area contributed by atoms with Gasteiger partial charge in [-0.2, -0.15) is 0 Å². The highest BCUT2D eigenvalue weighted by Crippen LogP contribution is 2.34. The minimum atomic E-state index is -0.196. The number of hydrogen-bond acceptors (Lipinski definition) is 4. The number of aryl methyl sites for hydroxylation is 2. The van der Waals surface area contributed by atoms with E-state index in [2.05, 4.69) is 10.3 Å². The van der Waals surface area contributed by atoms with Gasteiger partial charge in [0.25, 0.3) is 5.91 Å². The van der Waals surface area contributed by atoms with E-state index in [0.717, 1.165) is 27.0 Å². The Labute approximate surface area is 126 Å². The molecule has 5 heteroatoms. The standard InChI is InChI=1S/C16H15N3OS/c1-9-3-5-11(6-4-9)19-15(20)14-13(17)12-10(2)7-8-18-16(12)21-14/h3-8H,17H2,1-2H3,(H,19,20). The lowest BCUT2D eigenvalue weighted by Crippen LogP contribution is -2.11. The molecule has 3 N–H and O–H groups in total. The molecule has 0 spiro atoms. The Balaban J connectivity index is 1.96. The summed E-state index contributed by atoms with van der Waals surface area (Å²) >= 11 is 1.32. The smallest absolute Gasteiger partial charge is 0.267 e. The number of benzene rings is 1. The third kappa shape index (κ3) is 2.48. The number of nitrogens with two attached hydrogens (primary N) is 1. The summed E-state index contributed by atoms with van der Waals surface area (Å²) in [7, 11) is 0. The first-order valence-electron chi connectivity index (χ1n) is 6.58. The monoisotopic (exact) mass is 297 g/mol. The van der Waals surface area contributed by atoms with E-state index in [4.69, 9.17) is 5.73 Å². The van der Waals surface area contributed by atoms with Gasteiger partial charge in [0, 0.05) is 17.3 Å². The van der Waals surface area contributed by atoms with Crippen LogP contribution in [0.1, 0.15) is 20.8 Å². The number of carbonyl (C=O) groups is 1. The van der Waals surface area contributed by atoms with E-state index in [1.807, 2.05) is 44.2 Å². The second kappa shape index (κ2) is 5.18. The van der Waals surface area contributed by atoms with E-state index < -0.39 is 0 Å². The van der Waals surface area contributed by atoms with E-state index in [1.165, 1.54) is 11.3 Å². The first-order valence-corrected chi connectivity index (χ1v) is 7.39. The number of anilines is 2. The Bertz CT molecular complexity index is 821. The van der Waals surface area contributed by atoms with Crippen molar-refractivity contribution in [1.82, 2.24) is 4.98 Å². The minimum absolute atomic E-state index is 0.196. The first-order chi connectivity index (χ1) is 10.1. The van der Waals surface area contributed by atoms with Crippen molar-refractivity contribution in [3.63, 3.8) is 0 Å². The van der Waals surface area contributed by atoms with Crippen molar-refractivity contribution in [2.24, 2.45) is 0 Å². The quantitative estimate of drug-likeness (QED) is 0.757. The summed E-state index contributed by atoms with van der Waals surface area (Å²) in [6.07, 6.45) is 1.73. The van der Waals surface area contributed by atoms with Crippen LogP contribution in [-0.4, -0.2) is 10.9 Å². The summed E-state index contributed by atoms with van der Waals surface area (Å²) in [5.41, 5.74) is 9.57. The molecule has 0 aliphatic heterocycles. The molecule has 0 fully saturated rings. The lowest BCUT2D eigenvalue weighted by Gasteiger charge is -2.04. The fraction of sp³-hybridized carbons (Fsp3) is 0.125. The summed E-state index contributed by atoms with van der Waals surface area (Å²) in [6.45, 7) is 3.97. The molecular formula is C16H15N3OS. The molecule has 21 heavy (non-hydrogen) atoms. The maximum Gasteiger partial charge on any atom is 0.267 e. The summed E-state index contributed by atoms with van der Waals surface area (Å²) in [6, 6.07) is 9.55. The zero-order valence-electron chi connectivity index (χ0n) is 11.8. The Hall–Kier alpha value is -2.40. The van der Waals surface area contributed by atoms with Crippen LogP contribution >= 0.6 is 11.3 Å². The van der Waals surface area contributed by atoms with Gasteiger partial charge in [0.2, 0.25) is 0 Å². The Morgan fingerprint density at radius 1 is 1.19 bits per heavy atom. The van der Waals surface area contributed by atoms with Crippen molar-refractivity contribution in [2.45, 2.75) is 13.8 Å². The molecule has 0 radical (unpaired) electrons. The highest BCUT2D eigenvalue weighted by molar-refractivity contribution is 7.21. The zero-order valence-corrected chi connectivity index (χ0v) is 12.6. The Morgan fingerprint density at radius 3 is 2.57 bits per heavy atom. The lowest BCUT2D eigenvalue weighted by molar-refractivity contribution is 0.103. The Kier molecular flexibility index (Phi) is 3.35. The number of hydrogen-bond donors (Lipinski definition) is 2. The van der Waals surface area contributed by atoms with Crippen LogP contribution in [0.25, 0.3) is 10.2 Å². The third-order valence-electron chi connectivity index (χ3n) is 3.35. The summed E-state index contributed by atoms with van der Waals surface area (Å²) < 4.78 is 0. The molecule has 0 saturated carbocycles. The number of aromatic nitrogens is 1. The third-order valence-corrected chi connectivity index (χ3v) is 4.47. The fourth-order valence-electron chi connectivity index (χ4n) is 2.20. The number of amides is 1. The largest absolute Gasteiger partial charge is 0.397 e. The van der Waals surface area contributed by atoms with Crippen LogP contribution in [0.5, 0.6) is 0 Å². The van der Waals surface area contributed by atoms with Crippen LogP contribution in [0.4, 0.5) is 11.4 Å². The summed E-state index contributed by atoms with van der Waals surface area (Å²) in [5.74, 6) is -0.196. The van der Waals surface area contributed by atoms with Gasteiger partial charge in [0.05, 0.1) is 5.69 Å². The molecule has 0 aliphatic carbocycles. The van der Waals surface area contributed by atoms with Gasteiger partial charge in [-0.25, -0.2) is 4.98 Å². The van der Waals surface area contributed by atoms with Crippen molar-refractivity contribution in [2.75, 3.05) is 11.1 Å². The predicted octanol–water partition coefficient (Wildman–Crippen LogP) is 3.75. The average molecular weight is 297 g/mol. The lowest BCUT2D eigenvalue weighted by atomic mass is 10.1. The maximum atomic E-state index is 12.4. The van der Waals surface area contributed by atoms with Gasteiger partial charge >= 0.3 is 0 Å². The van der Waals surface area contributed by atoms with Crippen molar-refractivity contribution >= 4 is 38.8 Å². The number of pyridine rings is 1. The van der Waals surface area contributed by atoms with Crippen LogP contribution < -0.4 is 11.1 Å². The molecular weight excluding hydrogens is 282 g/mol. The van der Waals surface area contributed by atoms with Gasteiger partial charge in [-0.3, -0.25) is 4.79 Å². The Morgan fingerprint density at radius 2 is 1.90 bits per heavy atom. The van der Waals surface area contributed by atoms with Gasteiger partial charge < -0.3 is 11.1 Å². The van der Waals surface area contributed by atoms with E-state index >= 15 is 0 Å². The molecule has 0 bridgehead atoms. The van der Waals surface area contributed by atoms with E-state index in [9.17, 15) is 4.79 Å². The van der Waals surface area contributed by atoms with Gasteiger partial charge in [-0.05, 0) is 37.6 Å². The predicted molar refractivity (Wildman–Crippen MR) is 87.9 cm³/mol. The molecule has 2 heterocycles. The van der Waals surface area contributed by atoms with Crippen LogP contribution in [0.15, 0.2) is 36.5 Å². The topological polar surface area (TPSA) is 68.0 Å². The molecule has 4 nitrogen and oxygen atoms in total. The second-order valence-corrected chi connectivity index (χ2v) is 5.97. The van der Waals surface area contributed by atoms with E-state index in [0.29, 0.717) is 10.6 Å². The van der Waals surface area contributed by atoms with Crippen LogP contribution in [0.3, 0.4) is 0 Å². The number of fused-ring (bicyclic) bond motifs is 1. The highest BCUT2D eigenvalue weighted by Gasteiger charge is 2.18. The first kappa shape index (κ1) is 13.6. The summed E-state index contributed by atoms with van der Waals surface area (Å²) in [4.78, 5) is 18.0. The molecule has 0 saturated heterocycles. The van der Waals surface area contributed by atoms with Gasteiger partial charge in [0.1, 0.15) is 9.71 Å². The number of thiophene rings is 1. The number of rotatable bonds is 2. The van der Waals surface area contributed by atoms with E-state index in [1.54, 1.807) is 6.20 Å².